The minimum Gasteiger partial charge on any atom is -0.325 e. The fourth-order valence-electron chi connectivity index (χ4n) is 3.00. The van der Waals surface area contributed by atoms with E-state index in [-0.39, 0.29) is 5.56 Å². The van der Waals surface area contributed by atoms with Crippen LogP contribution in [0.1, 0.15) is 12.5 Å². The van der Waals surface area contributed by atoms with Gasteiger partial charge in [-0.3, -0.25) is 4.79 Å². The normalized spacial score (nSPS) is 10.8. The molecule has 0 atom stereocenters. The van der Waals surface area contributed by atoms with Gasteiger partial charge in [-0.05, 0) is 48.4 Å². The Balaban J connectivity index is 1.98. The van der Waals surface area contributed by atoms with Crippen molar-refractivity contribution in [3.8, 4) is 5.69 Å². The van der Waals surface area contributed by atoms with E-state index in [9.17, 15) is 4.79 Å². The first-order valence-corrected chi connectivity index (χ1v) is 8.69. The average Bonchev–Trinajstić information content (AvgIpc) is 2.69. The predicted molar refractivity (Wildman–Crippen MR) is 106 cm³/mol. The van der Waals surface area contributed by atoms with Crippen molar-refractivity contribution < 1.29 is 0 Å². The molecular formula is C22H19N3O. The summed E-state index contributed by atoms with van der Waals surface area (Å²) in [7, 11) is 0. The topological polar surface area (TPSA) is 46.9 Å². The highest BCUT2D eigenvalue weighted by Crippen LogP contribution is 2.20. The van der Waals surface area contributed by atoms with Gasteiger partial charge >= 0.3 is 0 Å². The second kappa shape index (κ2) is 6.84. The average molecular weight is 341 g/mol. The van der Waals surface area contributed by atoms with E-state index in [0.29, 0.717) is 16.9 Å². The Hall–Kier alpha value is -3.40. The van der Waals surface area contributed by atoms with Crippen LogP contribution >= 0.6 is 0 Å². The van der Waals surface area contributed by atoms with Crippen LogP contribution in [0.15, 0.2) is 83.7 Å². The van der Waals surface area contributed by atoms with E-state index in [4.69, 9.17) is 4.98 Å². The van der Waals surface area contributed by atoms with Gasteiger partial charge in [-0.25, -0.2) is 9.55 Å². The van der Waals surface area contributed by atoms with Crippen LogP contribution in [-0.2, 0) is 6.42 Å². The highest BCUT2D eigenvalue weighted by molar-refractivity contribution is 5.80. The second-order valence-corrected chi connectivity index (χ2v) is 6.11. The third kappa shape index (κ3) is 2.97. The van der Waals surface area contributed by atoms with Crippen molar-refractivity contribution in [2.75, 3.05) is 5.32 Å². The number of para-hydroxylation sites is 2. The van der Waals surface area contributed by atoms with Gasteiger partial charge in [0.25, 0.3) is 5.56 Å². The molecular weight excluding hydrogens is 322 g/mol. The van der Waals surface area contributed by atoms with Gasteiger partial charge in [-0.2, -0.15) is 0 Å². The lowest BCUT2D eigenvalue weighted by Gasteiger charge is -2.15. The third-order valence-electron chi connectivity index (χ3n) is 4.39. The van der Waals surface area contributed by atoms with Crippen molar-refractivity contribution in [2.24, 2.45) is 0 Å². The second-order valence-electron chi connectivity index (χ2n) is 6.11. The maximum absolute atomic E-state index is 13.3. The van der Waals surface area contributed by atoms with Crippen LogP contribution in [0.4, 0.5) is 11.6 Å². The van der Waals surface area contributed by atoms with Crippen LogP contribution < -0.4 is 10.9 Å². The molecule has 4 heteroatoms. The number of aryl methyl sites for hydroxylation is 1. The van der Waals surface area contributed by atoms with Crippen molar-refractivity contribution in [1.82, 2.24) is 9.55 Å². The third-order valence-corrected chi connectivity index (χ3v) is 4.39. The summed E-state index contributed by atoms with van der Waals surface area (Å²) in [6.45, 7) is 2.08. The molecule has 0 amide bonds. The quantitative estimate of drug-likeness (QED) is 0.586. The molecule has 4 rings (SSSR count). The number of anilines is 2. The largest absolute Gasteiger partial charge is 0.325 e. The molecule has 1 heterocycles. The standard InChI is InChI=1S/C22H19N3O/c1-2-16-13-14-20-19(15-16)21(26)25(18-11-7-4-8-12-18)22(24-20)23-17-9-5-3-6-10-17/h3-15H,2H2,1H3,(H,23,24). The zero-order valence-corrected chi connectivity index (χ0v) is 14.5. The van der Waals surface area contributed by atoms with Crippen LogP contribution in [0, 0.1) is 0 Å². The minimum atomic E-state index is -0.0741. The summed E-state index contributed by atoms with van der Waals surface area (Å²) in [5.41, 5.74) is 3.41. The van der Waals surface area contributed by atoms with E-state index in [1.165, 1.54) is 0 Å². The Labute approximate surface area is 151 Å². The summed E-state index contributed by atoms with van der Waals surface area (Å²) in [5.74, 6) is 0.504. The van der Waals surface area contributed by atoms with Gasteiger partial charge in [-0.1, -0.05) is 49.4 Å². The molecule has 0 saturated heterocycles. The van der Waals surface area contributed by atoms with Gasteiger partial charge in [0.15, 0.2) is 0 Å². The van der Waals surface area contributed by atoms with Crippen molar-refractivity contribution >= 4 is 22.5 Å². The predicted octanol–water partition coefficient (Wildman–Crippen LogP) is 4.69. The lowest BCUT2D eigenvalue weighted by Crippen LogP contribution is -2.22. The number of aromatic nitrogens is 2. The molecule has 0 bridgehead atoms. The van der Waals surface area contributed by atoms with Gasteiger partial charge in [-0.15, -0.1) is 0 Å². The van der Waals surface area contributed by atoms with E-state index in [1.807, 2.05) is 78.9 Å². The number of rotatable bonds is 4. The van der Waals surface area contributed by atoms with Crippen LogP contribution in [0.3, 0.4) is 0 Å². The van der Waals surface area contributed by atoms with Crippen molar-refractivity contribution in [2.45, 2.75) is 13.3 Å². The van der Waals surface area contributed by atoms with Gasteiger partial charge < -0.3 is 5.32 Å². The first-order valence-electron chi connectivity index (χ1n) is 8.69. The number of hydrogen-bond donors (Lipinski definition) is 1. The Kier molecular flexibility index (Phi) is 4.23. The number of fused-ring (bicyclic) bond motifs is 1. The summed E-state index contributed by atoms with van der Waals surface area (Å²) < 4.78 is 1.63. The molecule has 0 aliphatic heterocycles. The molecule has 1 N–H and O–H groups in total. The van der Waals surface area contributed by atoms with E-state index < -0.39 is 0 Å². The molecule has 0 fully saturated rings. The smallest absolute Gasteiger partial charge is 0.267 e. The van der Waals surface area contributed by atoms with Gasteiger partial charge in [0, 0.05) is 5.69 Å². The molecule has 4 nitrogen and oxygen atoms in total. The van der Waals surface area contributed by atoms with Gasteiger partial charge in [0.1, 0.15) is 0 Å². The number of nitrogens with one attached hydrogen (secondary N) is 1. The summed E-state index contributed by atoms with van der Waals surface area (Å²) in [6.07, 6.45) is 0.880. The summed E-state index contributed by atoms with van der Waals surface area (Å²) in [5, 5.41) is 3.92. The van der Waals surface area contributed by atoms with Crippen molar-refractivity contribution in [3.05, 3.63) is 94.8 Å². The zero-order chi connectivity index (χ0) is 17.9. The number of benzene rings is 3. The van der Waals surface area contributed by atoms with Crippen LogP contribution in [0.25, 0.3) is 16.6 Å². The Morgan fingerprint density at radius 2 is 1.62 bits per heavy atom. The Morgan fingerprint density at radius 3 is 2.31 bits per heavy atom. The molecule has 4 aromatic rings. The first-order chi connectivity index (χ1) is 12.8. The van der Waals surface area contributed by atoms with Gasteiger partial charge in [0.05, 0.1) is 16.6 Å². The molecule has 0 radical (unpaired) electrons. The highest BCUT2D eigenvalue weighted by Gasteiger charge is 2.13. The SMILES string of the molecule is CCc1ccc2nc(Nc3ccccc3)n(-c3ccccc3)c(=O)c2c1. The fourth-order valence-corrected chi connectivity index (χ4v) is 3.00. The number of nitrogens with zero attached hydrogens (tertiary/aromatic N) is 2. The van der Waals surface area contributed by atoms with E-state index in [1.54, 1.807) is 4.57 Å². The van der Waals surface area contributed by atoms with Crippen LogP contribution in [-0.4, -0.2) is 9.55 Å². The molecule has 1 aromatic heterocycles. The molecule has 0 saturated carbocycles. The molecule has 0 unspecified atom stereocenters. The molecule has 3 aromatic carbocycles. The van der Waals surface area contributed by atoms with Crippen molar-refractivity contribution in [1.29, 1.82) is 0 Å². The highest BCUT2D eigenvalue weighted by atomic mass is 16.1. The maximum atomic E-state index is 13.3. The summed E-state index contributed by atoms with van der Waals surface area (Å²) >= 11 is 0. The lowest BCUT2D eigenvalue weighted by atomic mass is 10.1. The van der Waals surface area contributed by atoms with E-state index in [2.05, 4.69) is 12.2 Å². The number of hydrogen-bond acceptors (Lipinski definition) is 3. The Bertz CT molecular complexity index is 1100. The molecule has 26 heavy (non-hydrogen) atoms. The molecule has 0 aliphatic rings. The van der Waals surface area contributed by atoms with Gasteiger partial charge in [0.2, 0.25) is 5.95 Å². The van der Waals surface area contributed by atoms with E-state index in [0.717, 1.165) is 23.4 Å². The first kappa shape index (κ1) is 16.1. The van der Waals surface area contributed by atoms with E-state index >= 15 is 0 Å². The molecule has 0 spiro atoms. The monoisotopic (exact) mass is 341 g/mol. The Morgan fingerprint density at radius 1 is 0.923 bits per heavy atom. The summed E-state index contributed by atoms with van der Waals surface area (Å²) in [6, 6.07) is 25.2. The molecule has 128 valence electrons. The summed E-state index contributed by atoms with van der Waals surface area (Å²) in [4.78, 5) is 18.0. The molecule has 0 aliphatic carbocycles. The van der Waals surface area contributed by atoms with Crippen LogP contribution in [0.5, 0.6) is 0 Å². The minimum absolute atomic E-state index is 0.0741. The maximum Gasteiger partial charge on any atom is 0.267 e. The van der Waals surface area contributed by atoms with Crippen molar-refractivity contribution in [3.63, 3.8) is 0 Å². The lowest BCUT2D eigenvalue weighted by molar-refractivity contribution is 0.973. The zero-order valence-electron chi connectivity index (χ0n) is 14.5. The fraction of sp³-hybridized carbons (Fsp3) is 0.0909. The van der Waals surface area contributed by atoms with Crippen LogP contribution in [0.2, 0.25) is 0 Å².